The molecule has 2 aromatic carbocycles. The Kier molecular flexibility index (Phi) is 10.4. The molecule has 0 aromatic heterocycles. The standard InChI is InChI=1S/C18H25NO.C17H21NO.Pd/c1-5-17(20)16-13-19(11-10-18(16,3)4)12-15-9-7-6-8-14(15)2;1-4-14(19)15-16-13-8-6-5-7-12(13)11-18(16)10-9-17(15,2)3;/h6-9,13H,5,10-12H2,1-4H3;5-8H,4,9-11H2,1-3H3;. The van der Waals surface area contributed by atoms with Crippen molar-refractivity contribution in [2.75, 3.05) is 13.1 Å². The molecule has 0 saturated heterocycles. The first-order valence-electron chi connectivity index (χ1n) is 14.6. The Bertz CT molecular complexity index is 1300. The van der Waals surface area contributed by atoms with E-state index in [4.69, 9.17) is 0 Å². The average Bonchev–Trinajstić information content (AvgIpc) is 3.28. The molecular formula is C35H46N2O2Pd. The maximum Gasteiger partial charge on any atom is 0.161 e. The van der Waals surface area contributed by atoms with Crippen LogP contribution in [0.1, 0.15) is 89.5 Å². The molecule has 3 aliphatic rings. The van der Waals surface area contributed by atoms with Gasteiger partial charge in [0.05, 0.1) is 5.70 Å². The predicted molar refractivity (Wildman–Crippen MR) is 161 cm³/mol. The van der Waals surface area contributed by atoms with E-state index in [9.17, 15) is 9.59 Å². The molecule has 0 amide bonds. The number of aryl methyl sites for hydroxylation is 1. The SMILES string of the molecule is CCC(=O)C1=C2c3ccccc3CN2CCC1(C)C.CCC(=O)C1=CN(Cc2ccccc2C)CCC1(C)C.[Pd]. The van der Waals surface area contributed by atoms with Gasteiger partial charge in [-0.1, -0.05) is 90.1 Å². The summed E-state index contributed by atoms with van der Waals surface area (Å²) in [4.78, 5) is 29.3. The molecule has 0 saturated carbocycles. The van der Waals surface area contributed by atoms with Gasteiger partial charge < -0.3 is 9.80 Å². The maximum absolute atomic E-state index is 12.5. The number of nitrogens with zero attached hydrogens (tertiary/aromatic N) is 2. The molecule has 2 aromatic rings. The zero-order chi connectivity index (χ0) is 28.4. The Labute approximate surface area is 255 Å². The van der Waals surface area contributed by atoms with Crippen LogP contribution in [-0.2, 0) is 43.1 Å². The summed E-state index contributed by atoms with van der Waals surface area (Å²) in [6, 6.07) is 17.0. The number of benzene rings is 2. The van der Waals surface area contributed by atoms with Crippen LogP contribution in [0, 0.1) is 17.8 Å². The van der Waals surface area contributed by atoms with Gasteiger partial charge in [0.15, 0.2) is 11.6 Å². The third-order valence-electron chi connectivity index (χ3n) is 8.79. The number of carbonyl (C=O) groups excluding carboxylic acids is 2. The van der Waals surface area contributed by atoms with Gasteiger partial charge in [0.2, 0.25) is 0 Å². The second-order valence-corrected chi connectivity index (χ2v) is 12.6. The van der Waals surface area contributed by atoms with Crippen molar-refractivity contribution in [1.29, 1.82) is 0 Å². The van der Waals surface area contributed by atoms with Crippen LogP contribution in [0.3, 0.4) is 0 Å². The molecule has 0 spiro atoms. The molecule has 0 unspecified atom stereocenters. The van der Waals surface area contributed by atoms with E-state index in [-0.39, 0.29) is 37.0 Å². The molecule has 3 heterocycles. The molecule has 0 N–H and O–H groups in total. The summed E-state index contributed by atoms with van der Waals surface area (Å²) in [5, 5.41) is 0. The second kappa shape index (κ2) is 13.0. The minimum atomic E-state index is -0.00359. The molecule has 0 bridgehead atoms. The molecule has 0 atom stereocenters. The Hall–Kier alpha value is -2.48. The van der Waals surface area contributed by atoms with Gasteiger partial charge in [-0.15, -0.1) is 0 Å². The van der Waals surface area contributed by atoms with Crippen molar-refractivity contribution in [1.82, 2.24) is 9.80 Å². The first-order chi connectivity index (χ1) is 18.5. The van der Waals surface area contributed by atoms with Crippen LogP contribution in [0.4, 0.5) is 0 Å². The number of carbonyl (C=O) groups is 2. The van der Waals surface area contributed by atoms with Crippen LogP contribution in [-0.4, -0.2) is 34.5 Å². The first kappa shape index (κ1) is 32.0. The van der Waals surface area contributed by atoms with Gasteiger partial charge in [-0.2, -0.15) is 0 Å². The molecule has 218 valence electrons. The van der Waals surface area contributed by atoms with E-state index in [1.807, 2.05) is 13.8 Å². The van der Waals surface area contributed by atoms with Crippen LogP contribution >= 0.6 is 0 Å². The smallest absolute Gasteiger partial charge is 0.161 e. The van der Waals surface area contributed by atoms with Crippen LogP contribution < -0.4 is 0 Å². The van der Waals surface area contributed by atoms with E-state index < -0.39 is 0 Å². The van der Waals surface area contributed by atoms with Gasteiger partial charge in [0.1, 0.15) is 0 Å². The van der Waals surface area contributed by atoms with E-state index in [0.29, 0.717) is 18.6 Å². The Balaban J connectivity index is 0.000000215. The van der Waals surface area contributed by atoms with Crippen molar-refractivity contribution in [3.63, 3.8) is 0 Å². The first-order valence-corrected chi connectivity index (χ1v) is 14.6. The maximum atomic E-state index is 12.5. The normalized spacial score (nSPS) is 18.5. The van der Waals surface area contributed by atoms with Crippen molar-refractivity contribution in [3.05, 3.63) is 88.1 Å². The molecule has 3 aliphatic heterocycles. The van der Waals surface area contributed by atoms with E-state index in [0.717, 1.165) is 50.2 Å². The third kappa shape index (κ3) is 6.69. The summed E-state index contributed by atoms with van der Waals surface area (Å²) in [6.07, 6.45) is 5.38. The van der Waals surface area contributed by atoms with Gasteiger partial charge >= 0.3 is 0 Å². The number of ketones is 2. The topological polar surface area (TPSA) is 40.6 Å². The monoisotopic (exact) mass is 632 g/mol. The summed E-state index contributed by atoms with van der Waals surface area (Å²) in [7, 11) is 0. The molecular weight excluding hydrogens is 587 g/mol. The summed E-state index contributed by atoms with van der Waals surface area (Å²) < 4.78 is 0. The summed E-state index contributed by atoms with van der Waals surface area (Å²) >= 11 is 0. The number of rotatable bonds is 6. The third-order valence-corrected chi connectivity index (χ3v) is 8.79. The van der Waals surface area contributed by atoms with Crippen LogP contribution in [0.25, 0.3) is 5.70 Å². The van der Waals surface area contributed by atoms with Crippen molar-refractivity contribution in [2.45, 2.75) is 87.2 Å². The second-order valence-electron chi connectivity index (χ2n) is 12.6. The quantitative estimate of drug-likeness (QED) is 0.306. The van der Waals surface area contributed by atoms with Gasteiger partial charge in [0.25, 0.3) is 0 Å². The van der Waals surface area contributed by atoms with Gasteiger partial charge in [-0.3, -0.25) is 9.59 Å². The fraction of sp³-hybridized carbons (Fsp3) is 0.486. The Morgan fingerprint density at radius 2 is 1.45 bits per heavy atom. The fourth-order valence-corrected chi connectivity index (χ4v) is 6.12. The van der Waals surface area contributed by atoms with E-state index >= 15 is 0 Å². The predicted octanol–water partition coefficient (Wildman–Crippen LogP) is 7.71. The number of hydrogen-bond donors (Lipinski definition) is 0. The van der Waals surface area contributed by atoms with E-state index in [2.05, 4.69) is 99.1 Å². The number of fused-ring (bicyclic) bond motifs is 3. The largest absolute Gasteiger partial charge is 0.373 e. The van der Waals surface area contributed by atoms with Crippen molar-refractivity contribution >= 4 is 17.3 Å². The number of allylic oxidation sites excluding steroid dienone is 2. The van der Waals surface area contributed by atoms with Crippen molar-refractivity contribution in [2.24, 2.45) is 10.8 Å². The van der Waals surface area contributed by atoms with E-state index in [1.165, 1.54) is 28.0 Å². The van der Waals surface area contributed by atoms with Gasteiger partial charge in [-0.25, -0.2) is 0 Å². The molecule has 5 rings (SSSR count). The van der Waals surface area contributed by atoms with Gasteiger partial charge in [0, 0.05) is 82.4 Å². The Morgan fingerprint density at radius 3 is 2.12 bits per heavy atom. The van der Waals surface area contributed by atoms with Crippen LogP contribution in [0.5, 0.6) is 0 Å². The van der Waals surface area contributed by atoms with Crippen molar-refractivity contribution in [3.8, 4) is 0 Å². The minimum Gasteiger partial charge on any atom is -0.373 e. The van der Waals surface area contributed by atoms with E-state index in [1.54, 1.807) is 0 Å². The molecule has 0 radical (unpaired) electrons. The molecule has 0 fully saturated rings. The summed E-state index contributed by atoms with van der Waals surface area (Å²) in [5.41, 5.74) is 8.53. The zero-order valence-electron chi connectivity index (χ0n) is 25.4. The van der Waals surface area contributed by atoms with Crippen LogP contribution in [0.15, 0.2) is 65.9 Å². The molecule has 4 nitrogen and oxygen atoms in total. The zero-order valence-corrected chi connectivity index (χ0v) is 26.9. The molecule has 0 aliphatic carbocycles. The number of Topliss-reactive ketones (excluding diaryl/α,β-unsaturated/α-hetero) is 2. The van der Waals surface area contributed by atoms with Crippen LogP contribution in [0.2, 0.25) is 0 Å². The average molecular weight is 633 g/mol. The van der Waals surface area contributed by atoms with Crippen molar-refractivity contribution < 1.29 is 30.0 Å². The molecule has 5 heteroatoms. The fourth-order valence-electron chi connectivity index (χ4n) is 6.12. The Morgan fingerprint density at radius 1 is 0.825 bits per heavy atom. The molecule has 40 heavy (non-hydrogen) atoms. The van der Waals surface area contributed by atoms with Gasteiger partial charge in [-0.05, 0) is 47.3 Å². The number of hydrogen-bond acceptors (Lipinski definition) is 4. The summed E-state index contributed by atoms with van der Waals surface area (Å²) in [5.74, 6) is 0.589. The summed E-state index contributed by atoms with van der Waals surface area (Å²) in [6.45, 7) is 18.7. The minimum absolute atomic E-state index is 0.